The number of hydrogen-bond acceptors (Lipinski definition) is 1. The molecule has 19 heavy (non-hydrogen) atoms. The molecule has 1 unspecified atom stereocenters. The fourth-order valence-electron chi connectivity index (χ4n) is 1.90. The van der Waals surface area contributed by atoms with Gasteiger partial charge in [0.2, 0.25) is 0 Å². The molecule has 0 fully saturated rings. The second kappa shape index (κ2) is 8.28. The molecule has 0 saturated heterocycles. The van der Waals surface area contributed by atoms with E-state index in [1.54, 1.807) is 18.2 Å². The molecular weight excluding hydrogens is 393 g/mol. The van der Waals surface area contributed by atoms with Crippen LogP contribution in [0.25, 0.3) is 0 Å². The molecule has 2 nitrogen and oxygen atoms in total. The Balaban J connectivity index is 2.58. The van der Waals surface area contributed by atoms with E-state index in [0.717, 1.165) is 17.3 Å². The zero-order chi connectivity index (χ0) is 14.4. The largest absolute Gasteiger partial charge is 0.351 e. The van der Waals surface area contributed by atoms with E-state index in [-0.39, 0.29) is 5.91 Å². The minimum Gasteiger partial charge on any atom is -0.351 e. The molecule has 0 aliphatic rings. The number of nitrogens with one attached hydrogen (secondary N) is 1. The molecule has 1 aromatic carbocycles. The van der Waals surface area contributed by atoms with E-state index < -0.39 is 0 Å². The molecule has 0 aliphatic carbocycles. The molecule has 0 bridgehead atoms. The van der Waals surface area contributed by atoms with E-state index in [2.05, 4.69) is 51.0 Å². The number of amides is 1. The summed E-state index contributed by atoms with van der Waals surface area (Å²) in [6.07, 6.45) is 2.21. The summed E-state index contributed by atoms with van der Waals surface area (Å²) in [6, 6.07) is 5.17. The van der Waals surface area contributed by atoms with Gasteiger partial charge in [-0.05, 0) is 40.0 Å². The van der Waals surface area contributed by atoms with Gasteiger partial charge in [-0.25, -0.2) is 0 Å². The van der Waals surface area contributed by atoms with Gasteiger partial charge in [0.1, 0.15) is 0 Å². The van der Waals surface area contributed by atoms with Gasteiger partial charge in [-0.1, -0.05) is 54.2 Å². The molecule has 1 amide bonds. The van der Waals surface area contributed by atoms with Gasteiger partial charge in [-0.3, -0.25) is 4.79 Å². The van der Waals surface area contributed by atoms with Crippen molar-refractivity contribution in [2.75, 3.05) is 6.54 Å². The molecule has 0 aromatic heterocycles. The van der Waals surface area contributed by atoms with Crippen LogP contribution in [0.15, 0.2) is 22.7 Å². The number of benzene rings is 1. The van der Waals surface area contributed by atoms with Crippen molar-refractivity contribution in [1.29, 1.82) is 0 Å². The summed E-state index contributed by atoms with van der Waals surface area (Å²) in [5.74, 6) is 0.505. The first kappa shape index (κ1) is 17.0. The fourth-order valence-corrected chi connectivity index (χ4v) is 3.30. The van der Waals surface area contributed by atoms with Crippen LogP contribution in [0.5, 0.6) is 0 Å². The first-order valence-corrected chi connectivity index (χ1v) is 8.45. The Morgan fingerprint density at radius 2 is 2.00 bits per heavy atom. The fraction of sp³-hybridized carbons (Fsp3) is 0.500. The lowest BCUT2D eigenvalue weighted by Gasteiger charge is -2.19. The smallest absolute Gasteiger partial charge is 0.251 e. The van der Waals surface area contributed by atoms with Crippen LogP contribution < -0.4 is 5.32 Å². The van der Waals surface area contributed by atoms with Crippen LogP contribution in [-0.2, 0) is 0 Å². The summed E-state index contributed by atoms with van der Waals surface area (Å²) >= 11 is 12.9. The zero-order valence-corrected chi connectivity index (χ0v) is 15.0. The summed E-state index contributed by atoms with van der Waals surface area (Å²) in [5.41, 5.74) is 0.612. The summed E-state index contributed by atoms with van der Waals surface area (Å²) in [5, 5.41) is 3.55. The highest BCUT2D eigenvalue weighted by Gasteiger charge is 2.16. The maximum absolute atomic E-state index is 12.0. The second-order valence-electron chi connectivity index (χ2n) is 4.43. The van der Waals surface area contributed by atoms with Crippen LogP contribution in [0.1, 0.15) is 37.0 Å². The van der Waals surface area contributed by atoms with E-state index in [1.165, 1.54) is 0 Å². The third-order valence-electron chi connectivity index (χ3n) is 3.20. The van der Waals surface area contributed by atoms with Crippen molar-refractivity contribution >= 4 is 49.4 Å². The van der Waals surface area contributed by atoms with Crippen LogP contribution in [0, 0.1) is 5.92 Å². The average Bonchev–Trinajstić information content (AvgIpc) is 2.40. The van der Waals surface area contributed by atoms with Crippen molar-refractivity contribution in [3.8, 4) is 0 Å². The Bertz CT molecular complexity index is 435. The Kier molecular flexibility index (Phi) is 7.40. The quantitative estimate of drug-likeness (QED) is 0.654. The van der Waals surface area contributed by atoms with Gasteiger partial charge in [-0.15, -0.1) is 0 Å². The Morgan fingerprint density at radius 1 is 1.37 bits per heavy atom. The van der Waals surface area contributed by atoms with Gasteiger partial charge in [0.25, 0.3) is 5.91 Å². The summed E-state index contributed by atoms with van der Waals surface area (Å²) in [6.45, 7) is 4.96. The van der Waals surface area contributed by atoms with Crippen LogP contribution >= 0.6 is 43.5 Å². The molecule has 0 aliphatic heterocycles. The topological polar surface area (TPSA) is 29.1 Å². The van der Waals surface area contributed by atoms with E-state index in [0.29, 0.717) is 27.9 Å². The monoisotopic (exact) mass is 409 g/mol. The van der Waals surface area contributed by atoms with E-state index >= 15 is 0 Å². The Morgan fingerprint density at radius 3 is 2.53 bits per heavy atom. The molecule has 0 heterocycles. The third-order valence-corrected chi connectivity index (χ3v) is 5.49. The lowest BCUT2D eigenvalue weighted by molar-refractivity contribution is 0.0952. The van der Waals surface area contributed by atoms with Crippen molar-refractivity contribution in [3.63, 3.8) is 0 Å². The highest BCUT2D eigenvalue weighted by atomic mass is 79.9. The number of hydrogen-bond donors (Lipinski definition) is 1. The van der Waals surface area contributed by atoms with Crippen LogP contribution in [0.4, 0.5) is 0 Å². The van der Waals surface area contributed by atoms with Crippen LogP contribution in [-0.4, -0.2) is 17.3 Å². The third kappa shape index (κ3) is 5.09. The van der Waals surface area contributed by atoms with Gasteiger partial charge < -0.3 is 5.32 Å². The minimum atomic E-state index is -0.0761. The minimum absolute atomic E-state index is 0.0761. The van der Waals surface area contributed by atoms with Crippen molar-refractivity contribution in [2.24, 2.45) is 5.92 Å². The number of carbonyl (C=O) groups excluding carboxylic acids is 1. The van der Waals surface area contributed by atoms with Crippen molar-refractivity contribution < 1.29 is 4.79 Å². The Labute approximate surface area is 136 Å². The molecular formula is C14H18Br2ClNO. The van der Waals surface area contributed by atoms with Crippen molar-refractivity contribution in [3.05, 3.63) is 33.3 Å². The predicted octanol–water partition coefficient (Wildman–Crippen LogP) is 5.03. The van der Waals surface area contributed by atoms with Gasteiger partial charge in [0.15, 0.2) is 0 Å². The Hall–Kier alpha value is -0.0600. The van der Waals surface area contributed by atoms with Gasteiger partial charge in [0, 0.05) is 21.4 Å². The highest BCUT2D eigenvalue weighted by Crippen LogP contribution is 2.23. The molecule has 0 radical (unpaired) electrons. The molecule has 5 heteroatoms. The molecule has 106 valence electrons. The summed E-state index contributed by atoms with van der Waals surface area (Å²) < 4.78 is 0.734. The zero-order valence-electron chi connectivity index (χ0n) is 11.1. The highest BCUT2D eigenvalue weighted by molar-refractivity contribution is 9.10. The molecule has 1 N–H and O–H groups in total. The molecule has 0 spiro atoms. The maximum atomic E-state index is 12.0. The molecule has 0 saturated carbocycles. The number of halogens is 3. The first-order chi connectivity index (χ1) is 8.99. The van der Waals surface area contributed by atoms with E-state index in [4.69, 9.17) is 11.6 Å². The van der Waals surface area contributed by atoms with E-state index in [1.807, 2.05) is 0 Å². The average molecular weight is 412 g/mol. The second-order valence-corrected chi connectivity index (χ2v) is 6.87. The normalized spacial score (nSPS) is 12.5. The summed E-state index contributed by atoms with van der Waals surface area (Å²) in [7, 11) is 0. The van der Waals surface area contributed by atoms with Crippen molar-refractivity contribution in [2.45, 2.75) is 31.5 Å². The molecule has 1 aromatic rings. The van der Waals surface area contributed by atoms with Gasteiger partial charge in [0.05, 0.1) is 5.02 Å². The van der Waals surface area contributed by atoms with Crippen LogP contribution in [0.2, 0.25) is 5.02 Å². The first-order valence-electron chi connectivity index (χ1n) is 6.36. The predicted molar refractivity (Wildman–Crippen MR) is 88.3 cm³/mol. The van der Waals surface area contributed by atoms with Gasteiger partial charge in [-0.2, -0.15) is 0 Å². The van der Waals surface area contributed by atoms with Crippen molar-refractivity contribution in [1.82, 2.24) is 5.32 Å². The van der Waals surface area contributed by atoms with Gasteiger partial charge >= 0.3 is 0 Å². The standard InChI is InChI=1S/C14H18Br2ClNO/c1-3-9(4-2)12(16)8-18-14(19)10-5-6-13(17)11(15)7-10/h5-7,9,12H,3-4,8H2,1-2H3,(H,18,19). The van der Waals surface area contributed by atoms with E-state index in [9.17, 15) is 4.79 Å². The number of carbonyl (C=O) groups is 1. The SMILES string of the molecule is CCC(CC)C(Br)CNC(=O)c1ccc(Cl)c(Br)c1. The lowest BCUT2D eigenvalue weighted by atomic mass is 9.99. The maximum Gasteiger partial charge on any atom is 0.251 e. The lowest BCUT2D eigenvalue weighted by Crippen LogP contribution is -2.32. The summed E-state index contributed by atoms with van der Waals surface area (Å²) in [4.78, 5) is 12.3. The number of alkyl halides is 1. The number of rotatable bonds is 6. The van der Waals surface area contributed by atoms with Crippen LogP contribution in [0.3, 0.4) is 0 Å². The molecule has 1 rings (SSSR count). The molecule has 1 atom stereocenters.